The highest BCUT2D eigenvalue weighted by atomic mass is 32.1. The van der Waals surface area contributed by atoms with Crippen molar-refractivity contribution in [2.45, 2.75) is 25.8 Å². The van der Waals surface area contributed by atoms with Crippen molar-refractivity contribution in [3.8, 4) is 0 Å². The van der Waals surface area contributed by atoms with E-state index in [1.54, 1.807) is 0 Å². The zero-order valence-corrected chi connectivity index (χ0v) is 21.9. The van der Waals surface area contributed by atoms with Crippen LogP contribution in [-0.2, 0) is 0 Å². The maximum absolute atomic E-state index is 13.7. The van der Waals surface area contributed by atoms with Crippen LogP contribution in [0.5, 0.6) is 0 Å². The highest BCUT2D eigenvalue weighted by Gasteiger charge is 2.32. The number of hydrogen-bond donors (Lipinski definition) is 2. The summed E-state index contributed by atoms with van der Waals surface area (Å²) in [6.45, 7) is 6.80. The van der Waals surface area contributed by atoms with Crippen LogP contribution < -0.4 is 10.6 Å². The van der Waals surface area contributed by atoms with E-state index in [9.17, 15) is 14.4 Å². The number of urea groups is 1. The molecule has 2 aliphatic rings. The summed E-state index contributed by atoms with van der Waals surface area (Å²) in [5.74, 6) is 0.0710. The van der Waals surface area contributed by atoms with Gasteiger partial charge in [0.2, 0.25) is 0 Å². The summed E-state index contributed by atoms with van der Waals surface area (Å²) in [6, 6.07) is 17.4. The number of nitrogens with one attached hydrogen (secondary N) is 2. The minimum atomic E-state index is -0.301. The van der Waals surface area contributed by atoms with Gasteiger partial charge in [-0.1, -0.05) is 36.4 Å². The summed E-state index contributed by atoms with van der Waals surface area (Å²) in [7, 11) is 0. The van der Waals surface area contributed by atoms with E-state index in [1.165, 1.54) is 11.3 Å². The topological polar surface area (TPSA) is 85.0 Å². The van der Waals surface area contributed by atoms with Crippen LogP contribution in [0.1, 0.15) is 40.5 Å². The smallest absolute Gasteiger partial charge is 0.319 e. The molecule has 3 heterocycles. The molecule has 1 aromatic heterocycles. The summed E-state index contributed by atoms with van der Waals surface area (Å²) in [5, 5.41) is 7.10. The number of thiophene rings is 1. The molecule has 2 aromatic carbocycles. The first-order chi connectivity index (χ1) is 18.0. The van der Waals surface area contributed by atoms with Crippen LogP contribution in [0.2, 0.25) is 0 Å². The quantitative estimate of drug-likeness (QED) is 0.532. The molecule has 5 rings (SSSR count). The van der Waals surface area contributed by atoms with Crippen LogP contribution in [-0.4, -0.2) is 84.4 Å². The Morgan fingerprint density at radius 2 is 1.49 bits per heavy atom. The van der Waals surface area contributed by atoms with Crippen molar-refractivity contribution < 1.29 is 14.4 Å². The SMILES string of the molecule is CCNC(=O)Nc1sc2ccccc2c1C(=O)N1CCN(C2CCN(C(=O)c3ccccc3)CC2)CC1. The Hall–Kier alpha value is -3.43. The lowest BCUT2D eigenvalue weighted by molar-refractivity contribution is 0.0413. The largest absolute Gasteiger partial charge is 0.339 e. The number of nitrogens with zero attached hydrogens (tertiary/aromatic N) is 3. The molecule has 0 aliphatic carbocycles. The molecule has 2 fully saturated rings. The third-order valence-electron chi connectivity index (χ3n) is 7.26. The fraction of sp³-hybridized carbons (Fsp3) is 0.393. The van der Waals surface area contributed by atoms with Crippen molar-refractivity contribution in [3.05, 3.63) is 65.7 Å². The lowest BCUT2D eigenvalue weighted by Gasteiger charge is -2.42. The first-order valence-corrected chi connectivity index (χ1v) is 13.8. The molecule has 2 aliphatic heterocycles. The Morgan fingerprint density at radius 3 is 2.19 bits per heavy atom. The van der Waals surface area contributed by atoms with Gasteiger partial charge in [-0.3, -0.25) is 19.8 Å². The Morgan fingerprint density at radius 1 is 0.838 bits per heavy atom. The van der Waals surface area contributed by atoms with Crippen LogP contribution in [0.15, 0.2) is 54.6 Å². The summed E-state index contributed by atoms with van der Waals surface area (Å²) < 4.78 is 0.980. The highest BCUT2D eigenvalue weighted by molar-refractivity contribution is 7.23. The van der Waals surface area contributed by atoms with Crippen LogP contribution in [0.3, 0.4) is 0 Å². The third kappa shape index (κ3) is 5.47. The van der Waals surface area contributed by atoms with E-state index in [0.29, 0.717) is 36.2 Å². The molecule has 0 saturated carbocycles. The minimum absolute atomic E-state index is 0.0350. The van der Waals surface area contributed by atoms with Gasteiger partial charge in [-0.05, 0) is 38.0 Å². The number of carbonyl (C=O) groups is 3. The van der Waals surface area contributed by atoms with Crippen molar-refractivity contribution in [1.82, 2.24) is 20.0 Å². The fourth-order valence-corrected chi connectivity index (χ4v) is 6.39. The van der Waals surface area contributed by atoms with Crippen LogP contribution >= 0.6 is 11.3 Å². The number of anilines is 1. The molecule has 0 radical (unpaired) electrons. The number of fused-ring (bicyclic) bond motifs is 1. The third-order valence-corrected chi connectivity index (χ3v) is 8.35. The summed E-state index contributed by atoms with van der Waals surface area (Å²) >= 11 is 1.43. The van der Waals surface area contributed by atoms with Gasteiger partial charge in [-0.2, -0.15) is 0 Å². The predicted octanol–water partition coefficient (Wildman–Crippen LogP) is 4.11. The molecule has 2 saturated heterocycles. The Labute approximate surface area is 221 Å². The van der Waals surface area contributed by atoms with Crippen molar-refractivity contribution in [3.63, 3.8) is 0 Å². The number of carbonyl (C=O) groups excluding carboxylic acids is 3. The molecule has 4 amide bonds. The van der Waals surface area contributed by atoms with Gasteiger partial charge in [0, 0.05) is 67.5 Å². The van der Waals surface area contributed by atoms with E-state index in [0.717, 1.165) is 54.7 Å². The van der Waals surface area contributed by atoms with E-state index in [4.69, 9.17) is 0 Å². The van der Waals surface area contributed by atoms with E-state index in [-0.39, 0.29) is 17.8 Å². The summed E-state index contributed by atoms with van der Waals surface area (Å²) in [5.41, 5.74) is 1.32. The van der Waals surface area contributed by atoms with E-state index < -0.39 is 0 Å². The molecular formula is C28H33N5O3S. The van der Waals surface area contributed by atoms with Crippen molar-refractivity contribution in [2.75, 3.05) is 51.1 Å². The Kier molecular flexibility index (Phi) is 7.71. The highest BCUT2D eigenvalue weighted by Crippen LogP contribution is 2.36. The van der Waals surface area contributed by atoms with Crippen LogP contribution in [0.4, 0.5) is 9.80 Å². The van der Waals surface area contributed by atoms with E-state index in [2.05, 4.69) is 15.5 Å². The Bertz CT molecular complexity index is 1260. The first-order valence-electron chi connectivity index (χ1n) is 13.0. The second-order valence-electron chi connectivity index (χ2n) is 9.50. The molecular weight excluding hydrogens is 486 g/mol. The number of rotatable bonds is 5. The summed E-state index contributed by atoms with van der Waals surface area (Å²) in [4.78, 5) is 45.0. The molecule has 9 heteroatoms. The molecule has 0 atom stereocenters. The van der Waals surface area contributed by atoms with Crippen LogP contribution in [0.25, 0.3) is 10.1 Å². The van der Waals surface area contributed by atoms with Gasteiger partial charge < -0.3 is 15.1 Å². The second kappa shape index (κ2) is 11.3. The van der Waals surface area contributed by atoms with E-state index >= 15 is 0 Å². The van der Waals surface area contributed by atoms with Crippen molar-refractivity contribution >= 4 is 44.3 Å². The minimum Gasteiger partial charge on any atom is -0.339 e. The standard InChI is InChI=1S/C28H33N5O3S/c1-2-29-28(36)30-25-24(22-10-6-7-11-23(22)37-25)27(35)33-18-16-31(17-19-33)21-12-14-32(15-13-21)26(34)20-8-4-3-5-9-20/h3-11,21H,2,12-19H2,1H3,(H2,29,30,36). The lowest BCUT2D eigenvalue weighted by Crippen LogP contribution is -2.54. The predicted molar refractivity (Wildman–Crippen MR) is 147 cm³/mol. The molecule has 8 nitrogen and oxygen atoms in total. The molecule has 0 spiro atoms. The van der Waals surface area contributed by atoms with Crippen molar-refractivity contribution in [2.24, 2.45) is 0 Å². The molecule has 37 heavy (non-hydrogen) atoms. The molecule has 0 unspecified atom stereocenters. The van der Waals surface area contributed by atoms with Gasteiger partial charge in [-0.25, -0.2) is 4.79 Å². The number of piperidine rings is 1. The molecule has 0 bridgehead atoms. The fourth-order valence-electron chi connectivity index (χ4n) is 5.30. The maximum atomic E-state index is 13.7. The number of likely N-dealkylation sites (tertiary alicyclic amines) is 1. The maximum Gasteiger partial charge on any atom is 0.319 e. The number of benzene rings is 2. The molecule has 2 N–H and O–H groups in total. The number of hydrogen-bond acceptors (Lipinski definition) is 5. The van der Waals surface area contributed by atoms with Crippen molar-refractivity contribution in [1.29, 1.82) is 0 Å². The van der Waals surface area contributed by atoms with Gasteiger partial charge in [0.25, 0.3) is 11.8 Å². The van der Waals surface area contributed by atoms with Crippen LogP contribution in [0, 0.1) is 0 Å². The van der Waals surface area contributed by atoms with Gasteiger partial charge >= 0.3 is 6.03 Å². The van der Waals surface area contributed by atoms with E-state index in [1.807, 2.05) is 71.3 Å². The van der Waals surface area contributed by atoms with Gasteiger partial charge in [0.1, 0.15) is 5.00 Å². The van der Waals surface area contributed by atoms with Gasteiger partial charge in [-0.15, -0.1) is 11.3 Å². The van der Waals surface area contributed by atoms with Gasteiger partial charge in [0.15, 0.2) is 0 Å². The number of piperazine rings is 1. The normalized spacial score (nSPS) is 17.1. The van der Waals surface area contributed by atoms with Gasteiger partial charge in [0.05, 0.1) is 5.56 Å². The number of amides is 4. The average molecular weight is 520 g/mol. The first kappa shape index (κ1) is 25.2. The zero-order valence-electron chi connectivity index (χ0n) is 21.1. The molecule has 194 valence electrons. The average Bonchev–Trinajstić information content (AvgIpc) is 3.30. The zero-order chi connectivity index (χ0) is 25.8. The Balaban J connectivity index is 1.20. The summed E-state index contributed by atoms with van der Waals surface area (Å²) in [6.07, 6.45) is 1.89. The second-order valence-corrected chi connectivity index (χ2v) is 10.6. The molecule has 3 aromatic rings. The monoisotopic (exact) mass is 519 g/mol. The lowest BCUT2D eigenvalue weighted by atomic mass is 10.0.